The molecule has 194 valence electrons. The fourth-order valence-electron chi connectivity index (χ4n) is 4.70. The van der Waals surface area contributed by atoms with Crippen LogP contribution in [0.15, 0.2) is 47.3 Å². The number of fused-ring (bicyclic) bond motifs is 1. The summed E-state index contributed by atoms with van der Waals surface area (Å²) < 4.78 is 7.09. The van der Waals surface area contributed by atoms with Gasteiger partial charge in [-0.05, 0) is 62.7 Å². The van der Waals surface area contributed by atoms with Crippen molar-refractivity contribution in [3.63, 3.8) is 0 Å². The number of carbonyl (C=O) groups is 1. The van der Waals surface area contributed by atoms with Gasteiger partial charge in [0.15, 0.2) is 0 Å². The van der Waals surface area contributed by atoms with Crippen LogP contribution < -0.4 is 15.8 Å². The number of morpholine rings is 1. The predicted octanol–water partition coefficient (Wildman–Crippen LogP) is 4.39. The van der Waals surface area contributed by atoms with Crippen molar-refractivity contribution in [1.29, 1.82) is 0 Å². The summed E-state index contributed by atoms with van der Waals surface area (Å²) in [5.41, 5.74) is 3.41. The molecule has 0 saturated carbocycles. The number of anilines is 2. The highest BCUT2D eigenvalue weighted by atomic mass is 35.5. The average Bonchev–Trinajstić information content (AvgIpc) is 2.90. The molecule has 0 unspecified atom stereocenters. The molecule has 3 aromatic rings. The highest BCUT2D eigenvalue weighted by molar-refractivity contribution is 6.42. The van der Waals surface area contributed by atoms with Gasteiger partial charge in [-0.3, -0.25) is 9.59 Å². The lowest BCUT2D eigenvalue weighted by molar-refractivity contribution is 0.0731. The molecule has 37 heavy (non-hydrogen) atoms. The molecule has 0 spiro atoms. The maximum atomic E-state index is 13.8. The zero-order chi connectivity index (χ0) is 26.1. The Morgan fingerprint density at radius 1 is 1.00 bits per heavy atom. The van der Waals surface area contributed by atoms with Crippen LogP contribution in [0.2, 0.25) is 10.0 Å². The number of hydrogen-bond acceptors (Lipinski definition) is 6. The third-order valence-corrected chi connectivity index (χ3v) is 7.33. The smallest absolute Gasteiger partial charge is 0.263 e. The number of nitrogens with one attached hydrogen (secondary N) is 1. The summed E-state index contributed by atoms with van der Waals surface area (Å²) in [6.45, 7) is 7.76. The van der Waals surface area contributed by atoms with Crippen molar-refractivity contribution in [1.82, 2.24) is 14.5 Å². The fraction of sp³-hybridized carbons (Fsp3) is 0.370. The molecule has 1 N–H and O–H groups in total. The van der Waals surface area contributed by atoms with E-state index in [0.29, 0.717) is 59.0 Å². The van der Waals surface area contributed by atoms with Crippen molar-refractivity contribution in [3.8, 4) is 5.69 Å². The first kappa shape index (κ1) is 25.6. The largest absolute Gasteiger partial charge is 0.378 e. The summed E-state index contributed by atoms with van der Waals surface area (Å²) >= 11 is 12.1. The predicted molar refractivity (Wildman–Crippen MR) is 147 cm³/mol. The van der Waals surface area contributed by atoms with Crippen molar-refractivity contribution < 1.29 is 9.53 Å². The average molecular weight is 542 g/mol. The minimum absolute atomic E-state index is 0.0568. The topological polar surface area (TPSA) is 79.7 Å². The zero-order valence-electron chi connectivity index (χ0n) is 20.8. The standard InChI is InChI=1S/C27H29Cl2N5O3/c1-17(2)30-27-31-24-16-33(25(35)18-3-8-22(28)23(29)15-18)10-9-21(24)26(36)34(27)20-6-4-19(5-7-20)32-11-13-37-14-12-32/h3-8,15,17H,9-14,16H2,1-2H3,(H,30,31). The Kier molecular flexibility index (Phi) is 7.42. The molecule has 3 heterocycles. The van der Waals surface area contributed by atoms with Crippen molar-refractivity contribution >= 4 is 40.7 Å². The van der Waals surface area contributed by atoms with E-state index in [2.05, 4.69) is 10.2 Å². The molecule has 8 nitrogen and oxygen atoms in total. The van der Waals surface area contributed by atoms with Gasteiger partial charge in [0.1, 0.15) is 0 Å². The Morgan fingerprint density at radius 2 is 1.70 bits per heavy atom. The Bertz CT molecular complexity index is 1370. The number of amides is 1. The second kappa shape index (κ2) is 10.7. The molecular formula is C27H29Cl2N5O3. The molecule has 1 amide bonds. The first-order valence-electron chi connectivity index (χ1n) is 12.4. The third kappa shape index (κ3) is 5.32. The van der Waals surface area contributed by atoms with E-state index in [1.807, 2.05) is 38.1 Å². The Morgan fingerprint density at radius 3 is 2.38 bits per heavy atom. The number of benzene rings is 2. The van der Waals surface area contributed by atoms with Crippen LogP contribution in [0.3, 0.4) is 0 Å². The number of halogens is 2. The number of carbonyl (C=O) groups excluding carboxylic acids is 1. The van der Waals surface area contributed by atoms with Gasteiger partial charge in [0.25, 0.3) is 11.5 Å². The van der Waals surface area contributed by atoms with Gasteiger partial charge in [0, 0.05) is 42.5 Å². The van der Waals surface area contributed by atoms with E-state index >= 15 is 0 Å². The van der Waals surface area contributed by atoms with Crippen LogP contribution in [-0.4, -0.2) is 59.2 Å². The number of aromatic nitrogens is 2. The molecule has 0 aliphatic carbocycles. The first-order valence-corrected chi connectivity index (χ1v) is 13.2. The van der Waals surface area contributed by atoms with Crippen LogP contribution in [0.4, 0.5) is 11.6 Å². The molecule has 1 fully saturated rings. The maximum absolute atomic E-state index is 13.8. The van der Waals surface area contributed by atoms with E-state index in [4.69, 9.17) is 32.9 Å². The first-order chi connectivity index (χ1) is 17.8. The monoisotopic (exact) mass is 541 g/mol. The second-order valence-electron chi connectivity index (χ2n) is 9.52. The number of rotatable bonds is 5. The Balaban J connectivity index is 1.47. The van der Waals surface area contributed by atoms with Crippen LogP contribution in [0.5, 0.6) is 0 Å². The third-order valence-electron chi connectivity index (χ3n) is 6.59. The number of hydrogen-bond donors (Lipinski definition) is 1. The van der Waals surface area contributed by atoms with Crippen LogP contribution >= 0.6 is 23.2 Å². The summed E-state index contributed by atoms with van der Waals surface area (Å²) in [5, 5.41) is 4.04. The zero-order valence-corrected chi connectivity index (χ0v) is 22.3. The van der Waals surface area contributed by atoms with Crippen molar-refractivity contribution in [3.05, 3.63) is 79.7 Å². The lowest BCUT2D eigenvalue weighted by Crippen LogP contribution is -2.41. The molecule has 2 aliphatic heterocycles. The molecule has 1 saturated heterocycles. The second-order valence-corrected chi connectivity index (χ2v) is 10.3. The van der Waals surface area contributed by atoms with Crippen molar-refractivity contribution in [2.45, 2.75) is 32.9 Å². The normalized spacial score (nSPS) is 15.6. The molecule has 5 rings (SSSR count). The van der Waals surface area contributed by atoms with Gasteiger partial charge in [0.2, 0.25) is 5.95 Å². The van der Waals surface area contributed by atoms with Crippen molar-refractivity contribution in [2.24, 2.45) is 0 Å². The van der Waals surface area contributed by atoms with E-state index in [0.717, 1.165) is 24.5 Å². The molecule has 2 aromatic carbocycles. The molecule has 10 heteroatoms. The lowest BCUT2D eigenvalue weighted by atomic mass is 10.0. The maximum Gasteiger partial charge on any atom is 0.263 e. The summed E-state index contributed by atoms with van der Waals surface area (Å²) in [4.78, 5) is 35.7. The fourth-order valence-corrected chi connectivity index (χ4v) is 5.00. The van der Waals surface area contributed by atoms with Crippen LogP contribution in [-0.2, 0) is 17.7 Å². The van der Waals surface area contributed by atoms with Gasteiger partial charge in [-0.25, -0.2) is 9.55 Å². The van der Waals surface area contributed by atoms with E-state index < -0.39 is 0 Å². The highest BCUT2D eigenvalue weighted by Gasteiger charge is 2.28. The summed E-state index contributed by atoms with van der Waals surface area (Å²) in [7, 11) is 0. The van der Waals surface area contributed by atoms with Crippen LogP contribution in [0.1, 0.15) is 35.5 Å². The van der Waals surface area contributed by atoms with Crippen molar-refractivity contribution in [2.75, 3.05) is 43.1 Å². The van der Waals surface area contributed by atoms with Gasteiger partial charge < -0.3 is 19.9 Å². The number of nitrogens with zero attached hydrogens (tertiary/aromatic N) is 4. The van der Waals surface area contributed by atoms with E-state index in [-0.39, 0.29) is 24.1 Å². The lowest BCUT2D eigenvalue weighted by Gasteiger charge is -2.30. The molecular weight excluding hydrogens is 513 g/mol. The van der Waals surface area contributed by atoms with Gasteiger partial charge >= 0.3 is 0 Å². The molecule has 0 bridgehead atoms. The molecule has 0 radical (unpaired) electrons. The Hall–Kier alpha value is -3.07. The summed E-state index contributed by atoms with van der Waals surface area (Å²) in [6.07, 6.45) is 0.419. The van der Waals surface area contributed by atoms with E-state index in [9.17, 15) is 9.59 Å². The van der Waals surface area contributed by atoms with E-state index in [1.54, 1.807) is 27.7 Å². The van der Waals surface area contributed by atoms with Crippen LogP contribution in [0, 0.1) is 0 Å². The minimum Gasteiger partial charge on any atom is -0.378 e. The van der Waals surface area contributed by atoms with Gasteiger partial charge in [-0.15, -0.1) is 0 Å². The molecule has 2 aliphatic rings. The highest BCUT2D eigenvalue weighted by Crippen LogP contribution is 2.26. The summed E-state index contributed by atoms with van der Waals surface area (Å²) in [5.74, 6) is 0.286. The quantitative estimate of drug-likeness (QED) is 0.515. The SMILES string of the molecule is CC(C)Nc1nc2c(c(=O)n1-c1ccc(N3CCOCC3)cc1)CCN(C(=O)c1ccc(Cl)c(Cl)c1)C2. The summed E-state index contributed by atoms with van der Waals surface area (Å²) in [6, 6.07) is 12.9. The van der Waals surface area contributed by atoms with Crippen LogP contribution in [0.25, 0.3) is 5.69 Å². The van der Waals surface area contributed by atoms with Gasteiger partial charge in [-0.2, -0.15) is 0 Å². The number of ether oxygens (including phenoxy) is 1. The molecule has 0 atom stereocenters. The van der Waals surface area contributed by atoms with Gasteiger partial charge in [0.05, 0.1) is 41.2 Å². The van der Waals surface area contributed by atoms with E-state index in [1.165, 1.54) is 0 Å². The minimum atomic E-state index is -0.174. The molecule has 1 aromatic heterocycles. The van der Waals surface area contributed by atoms with Gasteiger partial charge in [-0.1, -0.05) is 23.2 Å². The Labute approximate surface area is 225 Å².